The standard InChI is InChI=1S/C22H24F2O4/c23-17-11-9-16(10-12-17)19-14-13-18(15-20(19)24)28-22(27)8-6-4-2-1-3-5-7-21(25)26/h9-15H,1-8H2,(H,25,26). The molecule has 2 rings (SSSR count). The molecule has 0 aliphatic heterocycles. The summed E-state index contributed by atoms with van der Waals surface area (Å²) in [6.07, 6.45) is 5.41. The first-order chi connectivity index (χ1) is 13.5. The Labute approximate surface area is 163 Å². The van der Waals surface area contributed by atoms with Crippen LogP contribution < -0.4 is 4.74 Å². The zero-order chi connectivity index (χ0) is 20.4. The van der Waals surface area contributed by atoms with Gasteiger partial charge in [-0.15, -0.1) is 0 Å². The summed E-state index contributed by atoms with van der Waals surface area (Å²) in [7, 11) is 0. The molecule has 0 bridgehead atoms. The number of carboxylic acid groups (broad SMARTS) is 1. The van der Waals surface area contributed by atoms with Crippen molar-refractivity contribution in [2.75, 3.05) is 0 Å². The predicted molar refractivity (Wildman–Crippen MR) is 102 cm³/mol. The van der Waals surface area contributed by atoms with Gasteiger partial charge in [0.05, 0.1) is 0 Å². The third kappa shape index (κ3) is 7.47. The molecule has 0 saturated heterocycles. The SMILES string of the molecule is O=C(O)CCCCCCCCC(=O)Oc1ccc(-c2ccc(F)cc2)c(F)c1. The molecule has 4 nitrogen and oxygen atoms in total. The Morgan fingerprint density at radius 3 is 2.04 bits per heavy atom. The van der Waals surface area contributed by atoms with Gasteiger partial charge in [0.25, 0.3) is 0 Å². The van der Waals surface area contributed by atoms with Crippen LogP contribution in [-0.4, -0.2) is 17.0 Å². The number of esters is 1. The van der Waals surface area contributed by atoms with E-state index in [0.29, 0.717) is 24.0 Å². The first-order valence-corrected chi connectivity index (χ1v) is 9.43. The molecule has 0 amide bonds. The molecule has 2 aromatic carbocycles. The number of aliphatic carboxylic acids is 1. The van der Waals surface area contributed by atoms with Crippen molar-refractivity contribution < 1.29 is 28.2 Å². The van der Waals surface area contributed by atoms with Crippen LogP contribution in [0.25, 0.3) is 11.1 Å². The van der Waals surface area contributed by atoms with Gasteiger partial charge in [-0.25, -0.2) is 8.78 Å². The van der Waals surface area contributed by atoms with Crippen LogP contribution in [-0.2, 0) is 9.59 Å². The number of hydrogen-bond acceptors (Lipinski definition) is 3. The maximum absolute atomic E-state index is 14.3. The van der Waals surface area contributed by atoms with E-state index in [1.54, 1.807) is 0 Å². The summed E-state index contributed by atoms with van der Waals surface area (Å²) in [6.45, 7) is 0. The van der Waals surface area contributed by atoms with Crippen molar-refractivity contribution in [1.82, 2.24) is 0 Å². The number of hydrogen-bond donors (Lipinski definition) is 1. The average molecular weight is 390 g/mol. The van der Waals surface area contributed by atoms with Gasteiger partial charge in [-0.1, -0.05) is 37.8 Å². The summed E-state index contributed by atoms with van der Waals surface area (Å²) in [5, 5.41) is 8.55. The van der Waals surface area contributed by atoms with Crippen molar-refractivity contribution in [3.63, 3.8) is 0 Å². The second-order valence-corrected chi connectivity index (χ2v) is 6.64. The third-order valence-electron chi connectivity index (χ3n) is 4.35. The van der Waals surface area contributed by atoms with Crippen LogP contribution in [0.2, 0.25) is 0 Å². The molecule has 0 heterocycles. The van der Waals surface area contributed by atoms with Crippen LogP contribution in [0, 0.1) is 11.6 Å². The second kappa shape index (κ2) is 11.2. The lowest BCUT2D eigenvalue weighted by molar-refractivity contribution is -0.137. The summed E-state index contributed by atoms with van der Waals surface area (Å²) in [6, 6.07) is 9.66. The number of benzene rings is 2. The van der Waals surface area contributed by atoms with E-state index < -0.39 is 23.6 Å². The molecule has 2 aromatic rings. The lowest BCUT2D eigenvalue weighted by Gasteiger charge is -2.08. The van der Waals surface area contributed by atoms with E-state index in [2.05, 4.69) is 0 Å². The second-order valence-electron chi connectivity index (χ2n) is 6.64. The normalized spacial score (nSPS) is 10.6. The molecular weight excluding hydrogens is 366 g/mol. The maximum Gasteiger partial charge on any atom is 0.311 e. The zero-order valence-electron chi connectivity index (χ0n) is 15.6. The molecule has 0 radical (unpaired) electrons. The van der Waals surface area contributed by atoms with Crippen LogP contribution in [0.4, 0.5) is 8.78 Å². The lowest BCUT2D eigenvalue weighted by Crippen LogP contribution is -2.07. The van der Waals surface area contributed by atoms with Crippen molar-refractivity contribution in [2.24, 2.45) is 0 Å². The summed E-state index contributed by atoms with van der Waals surface area (Å²) in [5.41, 5.74) is 0.850. The van der Waals surface area contributed by atoms with Crippen molar-refractivity contribution >= 4 is 11.9 Å². The molecule has 0 spiro atoms. The van der Waals surface area contributed by atoms with E-state index >= 15 is 0 Å². The van der Waals surface area contributed by atoms with Gasteiger partial charge in [0.1, 0.15) is 17.4 Å². The summed E-state index contributed by atoms with van der Waals surface area (Å²) >= 11 is 0. The van der Waals surface area contributed by atoms with Crippen molar-refractivity contribution in [1.29, 1.82) is 0 Å². The van der Waals surface area contributed by atoms with Gasteiger partial charge < -0.3 is 9.84 Å². The Balaban J connectivity index is 1.71. The highest BCUT2D eigenvalue weighted by Gasteiger charge is 2.10. The van der Waals surface area contributed by atoms with Gasteiger partial charge in [0.2, 0.25) is 0 Å². The van der Waals surface area contributed by atoms with Gasteiger partial charge in [-0.05, 0) is 42.7 Å². The highest BCUT2D eigenvalue weighted by Crippen LogP contribution is 2.26. The molecule has 28 heavy (non-hydrogen) atoms. The molecule has 0 aliphatic rings. The number of rotatable bonds is 11. The molecule has 0 fully saturated rings. The van der Waals surface area contributed by atoms with Crippen molar-refractivity contribution in [3.05, 3.63) is 54.1 Å². The lowest BCUT2D eigenvalue weighted by atomic mass is 10.1. The topological polar surface area (TPSA) is 63.6 Å². The summed E-state index contributed by atoms with van der Waals surface area (Å²) in [5.74, 6) is -1.99. The Kier molecular flexibility index (Phi) is 8.59. The van der Waals surface area contributed by atoms with Crippen LogP contribution in [0.3, 0.4) is 0 Å². The molecule has 1 N–H and O–H groups in total. The van der Waals surface area contributed by atoms with E-state index in [4.69, 9.17) is 9.84 Å². The quantitative estimate of drug-likeness (QED) is 0.302. The number of carboxylic acids is 1. The predicted octanol–water partition coefficient (Wildman–Crippen LogP) is 5.74. The largest absolute Gasteiger partial charge is 0.481 e. The summed E-state index contributed by atoms with van der Waals surface area (Å²) < 4.78 is 32.4. The number of carbonyl (C=O) groups is 2. The number of ether oxygens (including phenoxy) is 1. The Hall–Kier alpha value is -2.76. The van der Waals surface area contributed by atoms with Gasteiger partial charge in [-0.2, -0.15) is 0 Å². The van der Waals surface area contributed by atoms with Crippen molar-refractivity contribution in [3.8, 4) is 16.9 Å². The minimum atomic E-state index is -0.773. The van der Waals surface area contributed by atoms with Crippen molar-refractivity contribution in [2.45, 2.75) is 51.4 Å². The van der Waals surface area contributed by atoms with E-state index in [-0.39, 0.29) is 18.6 Å². The fraction of sp³-hybridized carbons (Fsp3) is 0.364. The first-order valence-electron chi connectivity index (χ1n) is 9.43. The highest BCUT2D eigenvalue weighted by molar-refractivity contribution is 5.73. The van der Waals surface area contributed by atoms with Crippen LogP contribution in [0.5, 0.6) is 5.75 Å². The number of unbranched alkanes of at least 4 members (excludes halogenated alkanes) is 5. The number of halogens is 2. The molecule has 0 aromatic heterocycles. The molecule has 0 aliphatic carbocycles. The van der Waals surface area contributed by atoms with Crippen LogP contribution in [0.1, 0.15) is 51.4 Å². The molecule has 6 heteroatoms. The Bertz CT molecular complexity index is 788. The van der Waals surface area contributed by atoms with E-state index in [1.165, 1.54) is 36.4 Å². The smallest absolute Gasteiger partial charge is 0.311 e. The summed E-state index contributed by atoms with van der Waals surface area (Å²) in [4.78, 5) is 22.3. The molecular formula is C22H24F2O4. The maximum atomic E-state index is 14.3. The molecule has 0 saturated carbocycles. The van der Waals surface area contributed by atoms with E-state index in [9.17, 15) is 18.4 Å². The molecule has 0 unspecified atom stereocenters. The van der Waals surface area contributed by atoms with Gasteiger partial charge in [0.15, 0.2) is 0 Å². The Morgan fingerprint density at radius 1 is 0.821 bits per heavy atom. The van der Waals surface area contributed by atoms with Crippen LogP contribution in [0.15, 0.2) is 42.5 Å². The first kappa shape index (κ1) is 21.5. The van der Waals surface area contributed by atoms with Crippen LogP contribution >= 0.6 is 0 Å². The van der Waals surface area contributed by atoms with E-state index in [0.717, 1.165) is 31.7 Å². The fourth-order valence-electron chi connectivity index (χ4n) is 2.86. The molecule has 150 valence electrons. The minimum Gasteiger partial charge on any atom is -0.481 e. The van der Waals surface area contributed by atoms with Gasteiger partial charge in [-0.3, -0.25) is 9.59 Å². The monoisotopic (exact) mass is 390 g/mol. The highest BCUT2D eigenvalue weighted by atomic mass is 19.1. The fourth-order valence-corrected chi connectivity index (χ4v) is 2.86. The number of carbonyl (C=O) groups excluding carboxylic acids is 1. The van der Waals surface area contributed by atoms with Gasteiger partial charge >= 0.3 is 11.9 Å². The van der Waals surface area contributed by atoms with E-state index in [1.807, 2.05) is 0 Å². The Morgan fingerprint density at radius 2 is 1.43 bits per heavy atom. The third-order valence-corrected chi connectivity index (χ3v) is 4.35. The molecule has 0 atom stereocenters. The zero-order valence-corrected chi connectivity index (χ0v) is 15.6. The van der Waals surface area contributed by atoms with Gasteiger partial charge in [0, 0.05) is 24.5 Å². The average Bonchev–Trinajstić information content (AvgIpc) is 2.65. The minimum absolute atomic E-state index is 0.141.